The van der Waals surface area contributed by atoms with E-state index in [1.54, 1.807) is 6.20 Å². The molecule has 8 heteroatoms. The summed E-state index contributed by atoms with van der Waals surface area (Å²) in [5.41, 5.74) is 3.58. The Hall–Kier alpha value is -3.55. The van der Waals surface area contributed by atoms with Gasteiger partial charge in [-0.05, 0) is 30.5 Å². The van der Waals surface area contributed by atoms with Gasteiger partial charge in [-0.2, -0.15) is 5.10 Å². The molecule has 35 heavy (non-hydrogen) atoms. The van der Waals surface area contributed by atoms with Crippen LogP contribution in [-0.4, -0.2) is 59.0 Å². The van der Waals surface area contributed by atoms with Crippen LogP contribution in [-0.2, 0) is 20.7 Å². The van der Waals surface area contributed by atoms with Gasteiger partial charge >= 0.3 is 12.1 Å². The average molecular weight is 477 g/mol. The fourth-order valence-electron chi connectivity index (χ4n) is 5.84. The number of carbonyl (C=O) groups excluding carboxylic acids is 2. The number of aromatic nitrogens is 2. The molecule has 8 nitrogen and oxygen atoms in total. The highest BCUT2D eigenvalue weighted by atomic mass is 16.6. The third-order valence-corrected chi connectivity index (χ3v) is 7.68. The minimum atomic E-state index is -0.510. The van der Waals surface area contributed by atoms with Gasteiger partial charge in [-0.3, -0.25) is 9.89 Å². The lowest BCUT2D eigenvalue weighted by Crippen LogP contribution is -2.62. The number of methoxy groups -OCH3 is 1. The number of ether oxygens (including phenoxy) is 2. The second kappa shape index (κ2) is 9.24. The van der Waals surface area contributed by atoms with Gasteiger partial charge in [0.2, 0.25) is 0 Å². The predicted molar refractivity (Wildman–Crippen MR) is 133 cm³/mol. The van der Waals surface area contributed by atoms with Gasteiger partial charge in [0, 0.05) is 49.4 Å². The molecule has 2 fully saturated rings. The number of esters is 1. The lowest BCUT2D eigenvalue weighted by Gasteiger charge is -2.50. The number of piperidine rings is 1. The Morgan fingerprint density at radius 1 is 1.31 bits per heavy atom. The van der Waals surface area contributed by atoms with Crippen molar-refractivity contribution in [1.82, 2.24) is 20.4 Å². The van der Waals surface area contributed by atoms with Crippen molar-refractivity contribution < 1.29 is 19.1 Å². The number of hydrogen-bond acceptors (Lipinski definition) is 6. The van der Waals surface area contributed by atoms with E-state index in [4.69, 9.17) is 9.47 Å². The Balaban J connectivity index is 1.26. The topological polar surface area (TPSA) is 96.6 Å². The molecule has 3 atom stereocenters. The van der Waals surface area contributed by atoms with Crippen LogP contribution in [0.3, 0.4) is 0 Å². The van der Waals surface area contributed by atoms with Crippen molar-refractivity contribution in [3.8, 4) is 0 Å². The summed E-state index contributed by atoms with van der Waals surface area (Å²) >= 11 is 0. The summed E-state index contributed by atoms with van der Waals surface area (Å²) in [4.78, 5) is 27.2. The van der Waals surface area contributed by atoms with Crippen molar-refractivity contribution >= 4 is 23.0 Å². The van der Waals surface area contributed by atoms with Crippen LogP contribution in [0.15, 0.2) is 54.9 Å². The molecule has 1 spiro atoms. The standard InChI is InChI=1S/C27H32N4O4/c1-17-12-19(15-21-16-28-30-24(17)21)14-20(25(32)34-3)13-18(2)31-10-8-27(9-11-31)22-6-4-5-7-23(22)29-26(33)35-27/h4-7,12,15-16,20,22-23H,2,8-11,13-14H2,1,3H3,(H,28,30)(H,29,33)/t20?,22?,23-/m0/s1. The van der Waals surface area contributed by atoms with E-state index in [1.807, 2.05) is 25.2 Å². The van der Waals surface area contributed by atoms with E-state index in [2.05, 4.69) is 45.2 Å². The maximum absolute atomic E-state index is 12.7. The number of H-pyrrole nitrogens is 1. The molecule has 2 unspecified atom stereocenters. The van der Waals surface area contributed by atoms with E-state index in [0.717, 1.165) is 53.7 Å². The molecule has 1 aliphatic carbocycles. The summed E-state index contributed by atoms with van der Waals surface area (Å²) in [5.74, 6) is -0.456. The minimum Gasteiger partial charge on any atom is -0.469 e. The number of nitrogens with one attached hydrogen (secondary N) is 2. The third-order valence-electron chi connectivity index (χ3n) is 7.68. The highest BCUT2D eigenvalue weighted by molar-refractivity contribution is 5.82. The number of aromatic amines is 1. The molecule has 2 N–H and O–H groups in total. The van der Waals surface area contributed by atoms with E-state index in [9.17, 15) is 9.59 Å². The highest BCUT2D eigenvalue weighted by Crippen LogP contribution is 2.41. The number of alkyl carbamates (subject to hydrolysis) is 1. The van der Waals surface area contributed by atoms with E-state index < -0.39 is 5.60 Å². The number of nitrogens with zero attached hydrogens (tertiary/aromatic N) is 2. The van der Waals surface area contributed by atoms with Gasteiger partial charge in [0.05, 0.1) is 30.8 Å². The largest absolute Gasteiger partial charge is 0.469 e. The summed E-state index contributed by atoms with van der Waals surface area (Å²) in [5, 5.41) is 11.1. The van der Waals surface area contributed by atoms with Gasteiger partial charge in [0.1, 0.15) is 5.60 Å². The Kier molecular flexibility index (Phi) is 6.13. The van der Waals surface area contributed by atoms with Crippen LogP contribution < -0.4 is 5.32 Å². The van der Waals surface area contributed by atoms with Gasteiger partial charge in [-0.25, -0.2) is 4.79 Å². The molecular formula is C27H32N4O4. The first kappa shape index (κ1) is 23.2. The second-order valence-electron chi connectivity index (χ2n) is 9.85. The lowest BCUT2D eigenvalue weighted by molar-refractivity contribution is -0.145. The third kappa shape index (κ3) is 4.45. The van der Waals surface area contributed by atoms with Crippen molar-refractivity contribution in [1.29, 1.82) is 0 Å². The molecule has 3 heterocycles. The van der Waals surface area contributed by atoms with Crippen molar-refractivity contribution in [3.63, 3.8) is 0 Å². The monoisotopic (exact) mass is 476 g/mol. The van der Waals surface area contributed by atoms with Gasteiger partial charge in [-0.15, -0.1) is 0 Å². The fourth-order valence-corrected chi connectivity index (χ4v) is 5.84. The van der Waals surface area contributed by atoms with Crippen LogP contribution >= 0.6 is 0 Å². The summed E-state index contributed by atoms with van der Waals surface area (Å²) in [6.07, 6.45) is 12.1. The van der Waals surface area contributed by atoms with Crippen molar-refractivity contribution in [2.24, 2.45) is 11.8 Å². The Morgan fingerprint density at radius 2 is 2.09 bits per heavy atom. The maximum Gasteiger partial charge on any atom is 0.408 e. The van der Waals surface area contributed by atoms with Crippen LogP contribution in [0.25, 0.3) is 10.9 Å². The van der Waals surface area contributed by atoms with Crippen LogP contribution in [0.2, 0.25) is 0 Å². The number of allylic oxidation sites excluding steroid dienone is 3. The van der Waals surface area contributed by atoms with E-state index in [-0.39, 0.29) is 29.9 Å². The van der Waals surface area contributed by atoms with E-state index in [0.29, 0.717) is 12.8 Å². The van der Waals surface area contributed by atoms with Gasteiger partial charge in [0.25, 0.3) is 0 Å². The molecule has 1 amide bonds. The molecule has 2 aromatic rings. The molecule has 1 aromatic carbocycles. The normalized spacial score (nSPS) is 23.5. The molecule has 184 valence electrons. The predicted octanol–water partition coefficient (Wildman–Crippen LogP) is 3.79. The smallest absolute Gasteiger partial charge is 0.408 e. The van der Waals surface area contributed by atoms with Crippen molar-refractivity contribution in [2.75, 3.05) is 20.2 Å². The molecule has 0 saturated carbocycles. The summed E-state index contributed by atoms with van der Waals surface area (Å²) < 4.78 is 11.0. The molecule has 5 rings (SSSR count). The van der Waals surface area contributed by atoms with E-state index in [1.165, 1.54) is 7.11 Å². The number of likely N-dealkylation sites (tertiary alicyclic amines) is 1. The molecule has 0 bridgehead atoms. The van der Waals surface area contributed by atoms with E-state index >= 15 is 0 Å². The van der Waals surface area contributed by atoms with Crippen molar-refractivity contribution in [3.05, 3.63) is 66.0 Å². The molecular weight excluding hydrogens is 444 g/mol. The number of hydrogen-bond donors (Lipinski definition) is 2. The summed E-state index contributed by atoms with van der Waals surface area (Å²) in [7, 11) is 1.43. The maximum atomic E-state index is 12.7. The van der Waals surface area contributed by atoms with Crippen LogP contribution in [0.4, 0.5) is 4.79 Å². The minimum absolute atomic E-state index is 0.0317. The Labute approximate surface area is 205 Å². The number of carbonyl (C=O) groups is 2. The number of amides is 1. The molecule has 2 aliphatic heterocycles. The van der Waals surface area contributed by atoms with Crippen molar-refractivity contribution in [2.45, 2.75) is 44.2 Å². The number of benzene rings is 1. The van der Waals surface area contributed by atoms with Crippen LogP contribution in [0.5, 0.6) is 0 Å². The summed E-state index contributed by atoms with van der Waals surface area (Å²) in [6, 6.07) is 4.14. The Bertz CT molecular complexity index is 1200. The highest BCUT2D eigenvalue weighted by Gasteiger charge is 2.50. The van der Waals surface area contributed by atoms with Crippen LogP contribution in [0.1, 0.15) is 30.4 Å². The first-order valence-corrected chi connectivity index (χ1v) is 12.2. The first-order chi connectivity index (χ1) is 16.9. The first-order valence-electron chi connectivity index (χ1n) is 12.2. The zero-order valence-corrected chi connectivity index (χ0v) is 20.3. The lowest BCUT2D eigenvalue weighted by atomic mass is 9.73. The van der Waals surface area contributed by atoms with Gasteiger partial charge in [0.15, 0.2) is 0 Å². The molecule has 1 aromatic heterocycles. The summed E-state index contributed by atoms with van der Waals surface area (Å²) in [6.45, 7) is 7.81. The molecule has 3 aliphatic rings. The number of fused-ring (bicyclic) bond motifs is 3. The zero-order chi connectivity index (χ0) is 24.6. The molecule has 0 radical (unpaired) electrons. The van der Waals surface area contributed by atoms with Gasteiger partial charge < -0.3 is 19.7 Å². The fraction of sp³-hybridized carbons (Fsp3) is 0.444. The second-order valence-corrected chi connectivity index (χ2v) is 9.85. The zero-order valence-electron chi connectivity index (χ0n) is 20.3. The Morgan fingerprint density at radius 3 is 2.86 bits per heavy atom. The SMILES string of the molecule is C=C(CC(Cc1cc(C)c2[nH]ncc2c1)C(=O)OC)N1CCC2(CC1)OC(=O)N[C@H]1C=CC=CC12. The molecule has 2 saturated heterocycles. The van der Waals surface area contributed by atoms with Gasteiger partial charge in [-0.1, -0.05) is 36.9 Å². The van der Waals surface area contributed by atoms with Crippen LogP contribution in [0, 0.1) is 18.8 Å². The number of rotatable bonds is 6. The number of aryl methyl sites for hydroxylation is 1. The quantitative estimate of drug-likeness (QED) is 0.616. The average Bonchev–Trinajstić information content (AvgIpc) is 3.33.